The number of hydrogen-bond acceptors (Lipinski definition) is 12. The monoisotopic (exact) mass is 1780 g/mol. The van der Waals surface area contributed by atoms with Crippen LogP contribution in [-0.4, -0.2) is 44.9 Å². The molecule has 0 saturated heterocycles. The Balaban J connectivity index is 0.000000108. The van der Waals surface area contributed by atoms with Gasteiger partial charge in [-0.15, -0.1) is 0 Å². The lowest BCUT2D eigenvalue weighted by Crippen LogP contribution is -2.01. The fraction of sp³-hybridized carbons (Fsp3) is 0. The van der Waals surface area contributed by atoms with Gasteiger partial charge in [0.2, 0.25) is 0 Å². The zero-order valence-electron chi connectivity index (χ0n) is 74.7. The van der Waals surface area contributed by atoms with Gasteiger partial charge in [-0.2, -0.15) is 0 Å². The van der Waals surface area contributed by atoms with Crippen LogP contribution < -0.4 is 0 Å². The van der Waals surface area contributed by atoms with Crippen LogP contribution in [0, 0.1) is 0 Å². The third-order valence-electron chi connectivity index (χ3n) is 26.5. The number of nitrogens with zero attached hydrogens (tertiary/aromatic N) is 9. The average molecular weight is 1780 g/mol. The van der Waals surface area contributed by atoms with Crippen LogP contribution in [0.4, 0.5) is 0 Å². The summed E-state index contributed by atoms with van der Waals surface area (Å²) >= 11 is 0. The Bertz CT molecular complexity index is 9580. The standard InChI is InChI=1S/C45H27N3O.2C41H25N3O/c1-3-12-30-26-32(22-20-28(30)10-1)43-46-44(33-23-21-29-11-2-4-13-31(29)27-33)48-45(47-43)38-25-24-36(34-14-5-6-15-35(34)38)37-17-9-19-41-42(37)39-16-7-8-18-40(39)49-41;1-3-10-30-24-32(22-16-26(30)8-1)40-42-39(43-41(44-40)33-23-17-27-9-2-4-11-31(27)25-33)29-20-18-28(19-21-29)34-13-7-15-37-38(34)35-12-5-6-14-36(35)45-37;1-2-12-27(13-3-1)39-42-40(29-22-21-26-11-4-5-14-28(26)25-29)44-41(43-39)34-24-23-32(30-15-6-7-16-31(30)34)33-18-10-20-37-38(33)35-17-8-9-19-36(35)45-37/h1-27H;2*1-25H. The molecule has 22 aromatic carbocycles. The fourth-order valence-electron chi connectivity index (χ4n) is 19.8. The van der Waals surface area contributed by atoms with Crippen LogP contribution >= 0.6 is 0 Å². The number of fused-ring (bicyclic) bond motifs is 16. The maximum absolute atomic E-state index is 6.26. The van der Waals surface area contributed by atoms with Gasteiger partial charge < -0.3 is 13.3 Å². The molecule has 0 fully saturated rings. The molecule has 12 heteroatoms. The molecule has 0 spiro atoms. The maximum atomic E-state index is 6.26. The maximum Gasteiger partial charge on any atom is 0.164 e. The van der Waals surface area contributed by atoms with Gasteiger partial charge in [-0.3, -0.25) is 0 Å². The van der Waals surface area contributed by atoms with Crippen LogP contribution in [0.2, 0.25) is 0 Å². The first-order valence-corrected chi connectivity index (χ1v) is 46.5. The lowest BCUT2D eigenvalue weighted by molar-refractivity contribution is 0.668. The predicted octanol–water partition coefficient (Wildman–Crippen LogP) is 33.4. The van der Waals surface area contributed by atoms with E-state index in [-0.39, 0.29) is 0 Å². The van der Waals surface area contributed by atoms with Crippen LogP contribution in [0.15, 0.2) is 480 Å². The van der Waals surface area contributed by atoms with Crippen LogP contribution in [-0.2, 0) is 0 Å². The van der Waals surface area contributed by atoms with Gasteiger partial charge in [-0.05, 0) is 188 Å². The summed E-state index contributed by atoms with van der Waals surface area (Å²) in [5, 5.41) is 22.7. The number of para-hydroxylation sites is 3. The van der Waals surface area contributed by atoms with Crippen molar-refractivity contribution >= 4 is 141 Å². The molecule has 0 aliphatic heterocycles. The molecular weight excluding hydrogens is 1700 g/mol. The lowest BCUT2D eigenvalue weighted by Gasteiger charge is -2.14. The zero-order chi connectivity index (χ0) is 91.8. The number of rotatable bonds is 12. The number of benzene rings is 22. The Morgan fingerprint density at radius 3 is 0.655 bits per heavy atom. The highest BCUT2D eigenvalue weighted by molar-refractivity contribution is 6.19. The smallest absolute Gasteiger partial charge is 0.164 e. The molecule has 0 atom stereocenters. The second kappa shape index (κ2) is 34.3. The average Bonchev–Trinajstić information content (AvgIpc) is 1.54. The minimum Gasteiger partial charge on any atom is -0.456 e. The van der Waals surface area contributed by atoms with Crippen molar-refractivity contribution in [2.24, 2.45) is 0 Å². The van der Waals surface area contributed by atoms with E-state index in [1.165, 1.54) is 26.9 Å². The molecule has 0 radical (unpaired) electrons. The third-order valence-corrected chi connectivity index (χ3v) is 26.5. The van der Waals surface area contributed by atoms with E-state index in [1.54, 1.807) is 0 Å². The van der Waals surface area contributed by atoms with Crippen molar-refractivity contribution in [3.63, 3.8) is 0 Å². The van der Waals surface area contributed by atoms with Gasteiger partial charge in [0.05, 0.1) is 0 Å². The summed E-state index contributed by atoms with van der Waals surface area (Å²) in [6.07, 6.45) is 0. The van der Waals surface area contributed by atoms with Crippen molar-refractivity contribution in [1.82, 2.24) is 44.9 Å². The topological polar surface area (TPSA) is 155 Å². The molecular formula is C127H77N9O3. The molecule has 0 aliphatic rings. The molecule has 28 aromatic rings. The summed E-state index contributed by atoms with van der Waals surface area (Å²) in [5.74, 6) is 5.77. The van der Waals surface area contributed by atoms with Crippen LogP contribution in [0.25, 0.3) is 277 Å². The molecule has 0 saturated carbocycles. The molecule has 139 heavy (non-hydrogen) atoms. The van der Waals surface area contributed by atoms with Crippen molar-refractivity contribution in [2.45, 2.75) is 0 Å². The summed E-state index contributed by atoms with van der Waals surface area (Å²) < 4.78 is 18.6. The van der Waals surface area contributed by atoms with Gasteiger partial charge in [0.25, 0.3) is 0 Å². The van der Waals surface area contributed by atoms with Gasteiger partial charge in [0.1, 0.15) is 33.5 Å². The quantitative estimate of drug-likeness (QED) is 0.114. The fourth-order valence-corrected chi connectivity index (χ4v) is 19.8. The highest BCUT2D eigenvalue weighted by Gasteiger charge is 2.25. The molecule has 6 aromatic heterocycles. The van der Waals surface area contributed by atoms with Crippen molar-refractivity contribution in [1.29, 1.82) is 0 Å². The highest BCUT2D eigenvalue weighted by atomic mass is 16.3. The van der Waals surface area contributed by atoms with Gasteiger partial charge in [0, 0.05) is 82.4 Å². The van der Waals surface area contributed by atoms with E-state index in [9.17, 15) is 0 Å². The highest BCUT2D eigenvalue weighted by Crippen LogP contribution is 2.47. The van der Waals surface area contributed by atoms with Gasteiger partial charge in [0.15, 0.2) is 52.4 Å². The molecule has 12 nitrogen and oxygen atoms in total. The summed E-state index contributed by atoms with van der Waals surface area (Å²) in [6.45, 7) is 0. The third kappa shape index (κ3) is 15.0. The van der Waals surface area contributed by atoms with E-state index >= 15 is 0 Å². The Hall–Kier alpha value is -18.9. The van der Waals surface area contributed by atoms with Crippen molar-refractivity contribution in [2.75, 3.05) is 0 Å². The predicted molar refractivity (Wildman–Crippen MR) is 569 cm³/mol. The van der Waals surface area contributed by atoms with E-state index in [0.717, 1.165) is 198 Å². The largest absolute Gasteiger partial charge is 0.456 e. The van der Waals surface area contributed by atoms with Gasteiger partial charge in [-0.1, -0.05) is 388 Å². The van der Waals surface area contributed by atoms with Crippen molar-refractivity contribution < 1.29 is 13.3 Å². The van der Waals surface area contributed by atoms with Crippen molar-refractivity contribution in [3.8, 4) is 136 Å². The number of hydrogen-bond donors (Lipinski definition) is 0. The Kier molecular flexibility index (Phi) is 20.0. The Labute approximate surface area is 796 Å². The van der Waals surface area contributed by atoms with E-state index in [4.69, 9.17) is 58.1 Å². The minimum atomic E-state index is 0.634. The normalized spacial score (nSPS) is 11.6. The zero-order valence-corrected chi connectivity index (χ0v) is 74.7. The summed E-state index contributed by atoms with van der Waals surface area (Å²) in [4.78, 5) is 45.6. The first-order chi connectivity index (χ1) is 68.8. The number of aromatic nitrogens is 9. The molecule has 0 aliphatic carbocycles. The number of furan rings is 3. The summed E-state index contributed by atoms with van der Waals surface area (Å²) in [7, 11) is 0. The molecule has 0 N–H and O–H groups in total. The van der Waals surface area contributed by atoms with E-state index in [1.807, 2.05) is 91.0 Å². The summed E-state index contributed by atoms with van der Waals surface area (Å²) in [5.41, 5.74) is 20.6. The molecule has 0 bridgehead atoms. The summed E-state index contributed by atoms with van der Waals surface area (Å²) in [6, 6.07) is 161. The van der Waals surface area contributed by atoms with Crippen LogP contribution in [0.3, 0.4) is 0 Å². The molecule has 6 heterocycles. The van der Waals surface area contributed by atoms with Gasteiger partial charge in [-0.25, -0.2) is 44.9 Å². The first-order valence-electron chi connectivity index (χ1n) is 46.5. The SMILES string of the molecule is c1ccc(-c2nc(-c3ccc4ccccc4c3)nc(-c3ccc(-c4cccc5oc6ccccc6c45)c4ccccc34)n2)cc1.c1ccc2cc(-c3nc(-c4ccc(-c5cccc6oc7ccccc7c56)cc4)nc(-c4ccc5ccccc5c4)n3)ccc2c1.c1ccc2cc(-c3nc(-c4ccc5ccccc5c4)nc(-c4ccc(-c5cccc6oc7ccccc7c56)c5ccccc45)n3)ccc2c1. The molecule has 28 rings (SSSR count). The molecule has 0 amide bonds. The van der Waals surface area contributed by atoms with E-state index in [2.05, 4.69) is 376 Å². The molecule has 0 unspecified atom stereocenters. The Morgan fingerprint density at radius 1 is 0.115 bits per heavy atom. The molecule has 648 valence electrons. The van der Waals surface area contributed by atoms with Crippen LogP contribution in [0.5, 0.6) is 0 Å². The van der Waals surface area contributed by atoms with E-state index in [0.29, 0.717) is 52.4 Å². The first kappa shape index (κ1) is 80.9. The second-order valence-corrected chi connectivity index (χ2v) is 34.9. The van der Waals surface area contributed by atoms with Gasteiger partial charge >= 0.3 is 0 Å². The second-order valence-electron chi connectivity index (χ2n) is 34.9. The van der Waals surface area contributed by atoms with E-state index < -0.39 is 0 Å². The minimum absolute atomic E-state index is 0.634. The van der Waals surface area contributed by atoms with Crippen molar-refractivity contribution in [3.05, 3.63) is 467 Å². The lowest BCUT2D eigenvalue weighted by atomic mass is 9.92. The Morgan fingerprint density at radius 2 is 0.331 bits per heavy atom. The van der Waals surface area contributed by atoms with Crippen LogP contribution in [0.1, 0.15) is 0 Å².